The molecule has 3 aromatic rings. The van der Waals surface area contributed by atoms with Gasteiger partial charge in [0.05, 0.1) is 27.3 Å². The van der Waals surface area contributed by atoms with Crippen LogP contribution < -0.4 is 10.0 Å². The number of carboxylic acids is 1. The van der Waals surface area contributed by atoms with Crippen LogP contribution in [0.3, 0.4) is 0 Å². The highest BCUT2D eigenvalue weighted by atomic mass is 35.5. The van der Waals surface area contributed by atoms with Crippen LogP contribution in [-0.4, -0.2) is 35.5 Å². The molecule has 1 heterocycles. The zero-order valence-corrected chi connectivity index (χ0v) is 23.2. The molecule has 9 nitrogen and oxygen atoms in total. The molecule has 1 aliphatic rings. The number of nitriles is 1. The molecule has 216 valence electrons. The normalized spacial score (nSPS) is 16.4. The van der Waals surface area contributed by atoms with Crippen LogP contribution in [0.25, 0.3) is 5.69 Å². The van der Waals surface area contributed by atoms with Crippen molar-refractivity contribution in [1.29, 1.82) is 5.26 Å². The highest BCUT2D eigenvalue weighted by Crippen LogP contribution is 3.02. The Kier molecular flexibility index (Phi) is 6.59. The van der Waals surface area contributed by atoms with Crippen LogP contribution in [0.4, 0.5) is 30.9 Å². The first-order valence-corrected chi connectivity index (χ1v) is 15.6. The molecule has 0 aliphatic heterocycles. The monoisotopic (exact) mass is 645 g/mol. The van der Waals surface area contributed by atoms with Crippen molar-refractivity contribution in [3.05, 3.63) is 63.3 Å². The SMILES string of the molecule is CS(=O)(=O)Nc1ccc(CNc2c(C3(C(=O)O)CC3)c(C#N)nn2-c2c(Cl)cc(S(F)(F)(F)(F)F)cc2Cl)cc1. The molecule has 40 heavy (non-hydrogen) atoms. The van der Waals surface area contributed by atoms with Gasteiger partial charge in [0.15, 0.2) is 5.69 Å². The second-order valence-electron chi connectivity index (χ2n) is 9.11. The van der Waals surface area contributed by atoms with E-state index in [4.69, 9.17) is 23.2 Å². The number of sulfonamides is 1. The van der Waals surface area contributed by atoms with Crippen LogP contribution in [0.5, 0.6) is 0 Å². The van der Waals surface area contributed by atoms with E-state index in [9.17, 15) is 43.0 Å². The molecule has 0 spiro atoms. The zero-order chi connectivity index (χ0) is 30.0. The molecule has 0 radical (unpaired) electrons. The van der Waals surface area contributed by atoms with Crippen LogP contribution >= 0.6 is 33.4 Å². The van der Waals surface area contributed by atoms with Crippen molar-refractivity contribution in [2.45, 2.75) is 29.7 Å². The van der Waals surface area contributed by atoms with Gasteiger partial charge in [-0.3, -0.25) is 9.52 Å². The van der Waals surface area contributed by atoms with E-state index in [1.807, 2.05) is 0 Å². The lowest BCUT2D eigenvalue weighted by Crippen LogP contribution is -2.22. The number of anilines is 2. The van der Waals surface area contributed by atoms with Crippen LogP contribution in [-0.2, 0) is 26.8 Å². The van der Waals surface area contributed by atoms with Crippen molar-refractivity contribution in [3.63, 3.8) is 0 Å². The maximum absolute atomic E-state index is 13.4. The van der Waals surface area contributed by atoms with Crippen LogP contribution in [0.1, 0.15) is 29.7 Å². The zero-order valence-electron chi connectivity index (χ0n) is 20.1. The molecular formula is C22H18Cl2F5N5O4S2. The Bertz CT molecular complexity index is 1680. The maximum atomic E-state index is 13.4. The van der Waals surface area contributed by atoms with Gasteiger partial charge in [-0.1, -0.05) is 54.8 Å². The third-order valence-corrected chi connectivity index (χ3v) is 8.30. The number of rotatable bonds is 9. The fraction of sp³-hybridized carbons (Fsp3) is 0.227. The Morgan fingerprint density at radius 2 is 1.70 bits per heavy atom. The smallest absolute Gasteiger partial charge is 0.314 e. The van der Waals surface area contributed by atoms with Gasteiger partial charge in [0, 0.05) is 12.2 Å². The number of nitrogens with zero attached hydrogens (tertiary/aromatic N) is 3. The van der Waals surface area contributed by atoms with Gasteiger partial charge in [-0.25, -0.2) is 13.1 Å². The highest BCUT2D eigenvalue weighted by Gasteiger charge is 2.65. The molecule has 0 unspecified atom stereocenters. The van der Waals surface area contributed by atoms with Crippen molar-refractivity contribution in [3.8, 4) is 11.8 Å². The highest BCUT2D eigenvalue weighted by molar-refractivity contribution is 8.45. The quantitative estimate of drug-likeness (QED) is 0.217. The van der Waals surface area contributed by atoms with Gasteiger partial charge < -0.3 is 10.4 Å². The Morgan fingerprint density at radius 1 is 1.15 bits per heavy atom. The summed E-state index contributed by atoms with van der Waals surface area (Å²) >= 11 is 12.0. The largest absolute Gasteiger partial charge is 0.481 e. The number of carboxylic acid groups (broad SMARTS) is 1. The first-order valence-electron chi connectivity index (χ1n) is 11.0. The minimum atomic E-state index is -10.2. The molecular weight excluding hydrogens is 628 g/mol. The van der Waals surface area contributed by atoms with Crippen LogP contribution in [0, 0.1) is 11.3 Å². The number of carbonyl (C=O) groups is 1. The number of halogens is 7. The summed E-state index contributed by atoms with van der Waals surface area (Å²) in [5, 5.41) is 24.8. The third kappa shape index (κ3) is 5.92. The second kappa shape index (κ2) is 8.87. The number of aliphatic carboxylic acids is 1. The summed E-state index contributed by atoms with van der Waals surface area (Å²) in [4.78, 5) is 9.81. The van der Waals surface area contributed by atoms with E-state index < -0.39 is 52.3 Å². The van der Waals surface area contributed by atoms with E-state index in [0.29, 0.717) is 5.56 Å². The van der Waals surface area contributed by atoms with E-state index in [1.165, 1.54) is 24.3 Å². The van der Waals surface area contributed by atoms with Crippen molar-refractivity contribution < 1.29 is 37.7 Å². The molecule has 0 bridgehead atoms. The Hall–Kier alpha value is -3.26. The summed E-state index contributed by atoms with van der Waals surface area (Å²) in [6.45, 7) is -0.0722. The topological polar surface area (TPSA) is 137 Å². The molecule has 2 aromatic carbocycles. The Labute approximate surface area is 234 Å². The molecule has 3 N–H and O–H groups in total. The first-order chi connectivity index (χ1) is 18.1. The van der Waals surface area contributed by atoms with E-state index in [-0.39, 0.29) is 54.3 Å². The van der Waals surface area contributed by atoms with E-state index in [1.54, 1.807) is 6.07 Å². The predicted molar refractivity (Wildman–Crippen MR) is 140 cm³/mol. The van der Waals surface area contributed by atoms with Crippen LogP contribution in [0.15, 0.2) is 41.3 Å². The standard InChI is InChI=1S/C22H18Cl2F5N5O4S2/c1-39(37,38)33-13-4-2-12(3-5-13)11-31-20-18(22(6-7-22)21(35)36)17(10-30)32-34(20)19-15(23)8-14(9-16(19)24)40(25,26,27,28)29/h2-5,8-9,31,33H,6-7,11H2,1H3,(H,35,36). The second-order valence-corrected chi connectivity index (χ2v) is 14.1. The molecule has 1 saturated carbocycles. The summed E-state index contributed by atoms with van der Waals surface area (Å²) in [5.74, 6) is -1.44. The molecule has 1 aliphatic carbocycles. The molecule has 18 heteroatoms. The number of aromatic nitrogens is 2. The summed E-state index contributed by atoms with van der Waals surface area (Å²) < 4.78 is 93.1. The molecule has 0 saturated heterocycles. The van der Waals surface area contributed by atoms with Crippen molar-refractivity contribution >= 4 is 60.9 Å². The summed E-state index contributed by atoms with van der Waals surface area (Å²) in [7, 11) is -13.7. The van der Waals surface area contributed by atoms with Gasteiger partial charge in [-0.15, -0.1) is 0 Å². The van der Waals surface area contributed by atoms with Crippen LogP contribution in [0.2, 0.25) is 10.0 Å². The van der Waals surface area contributed by atoms with Crippen molar-refractivity contribution in [2.24, 2.45) is 0 Å². The predicted octanol–water partition coefficient (Wildman–Crippen LogP) is 6.81. The first kappa shape index (κ1) is 29.7. The minimum Gasteiger partial charge on any atom is -0.481 e. The maximum Gasteiger partial charge on any atom is 0.314 e. The molecule has 1 fully saturated rings. The molecule has 0 amide bonds. The summed E-state index contributed by atoms with van der Waals surface area (Å²) in [6, 6.07) is 7.68. The van der Waals surface area contributed by atoms with E-state index in [0.717, 1.165) is 10.9 Å². The van der Waals surface area contributed by atoms with E-state index in [2.05, 4.69) is 15.1 Å². The molecule has 0 atom stereocenters. The lowest BCUT2D eigenvalue weighted by Gasteiger charge is -2.40. The number of hydrogen-bond acceptors (Lipinski definition) is 6. The Morgan fingerprint density at radius 3 is 2.12 bits per heavy atom. The summed E-state index contributed by atoms with van der Waals surface area (Å²) in [5.41, 5.74) is -1.72. The minimum absolute atomic E-state index is 0.0148. The third-order valence-electron chi connectivity index (χ3n) is 5.99. The number of hydrogen-bond donors (Lipinski definition) is 3. The van der Waals surface area contributed by atoms with Gasteiger partial charge in [0.25, 0.3) is 0 Å². The summed E-state index contributed by atoms with van der Waals surface area (Å²) in [6.07, 6.45) is 1.20. The van der Waals surface area contributed by atoms with Gasteiger partial charge in [-0.05, 0) is 42.7 Å². The average Bonchev–Trinajstić information content (AvgIpc) is 3.52. The van der Waals surface area contributed by atoms with E-state index >= 15 is 0 Å². The lowest BCUT2D eigenvalue weighted by molar-refractivity contribution is -0.140. The van der Waals surface area contributed by atoms with Crippen molar-refractivity contribution in [2.75, 3.05) is 16.3 Å². The lowest BCUT2D eigenvalue weighted by atomic mass is 9.95. The van der Waals surface area contributed by atoms with Gasteiger partial charge in [0.2, 0.25) is 10.0 Å². The number of benzene rings is 2. The van der Waals surface area contributed by atoms with Gasteiger partial charge >= 0.3 is 16.2 Å². The fourth-order valence-electron chi connectivity index (χ4n) is 4.03. The molecule has 1 aromatic heterocycles. The fourth-order valence-corrected chi connectivity index (χ4v) is 6.05. The number of nitrogens with one attached hydrogen (secondary N) is 2. The van der Waals surface area contributed by atoms with Crippen molar-refractivity contribution in [1.82, 2.24) is 9.78 Å². The Balaban J connectivity index is 1.84. The van der Waals surface area contributed by atoms with Gasteiger partial charge in [-0.2, -0.15) is 10.4 Å². The van der Waals surface area contributed by atoms with Gasteiger partial charge in [0.1, 0.15) is 22.5 Å². The molecule has 4 rings (SSSR count). The average molecular weight is 646 g/mol.